The number of aromatic nitrogens is 3. The zero-order valence-electron chi connectivity index (χ0n) is 9.47. The van der Waals surface area contributed by atoms with Gasteiger partial charge in [0.1, 0.15) is 23.2 Å². The molecule has 0 aliphatic carbocycles. The van der Waals surface area contributed by atoms with E-state index in [4.69, 9.17) is 0 Å². The molecule has 0 saturated carbocycles. The zero-order valence-corrected chi connectivity index (χ0v) is 10.3. The summed E-state index contributed by atoms with van der Waals surface area (Å²) in [6.07, 6.45) is 2.77. The summed E-state index contributed by atoms with van der Waals surface area (Å²) in [4.78, 5) is 15.2. The molecule has 0 fully saturated rings. The number of rotatable bonds is 3. The maximum Gasteiger partial charge on any atom is 0.147 e. The highest BCUT2D eigenvalue weighted by Crippen LogP contribution is 2.23. The molecule has 2 aromatic heterocycles. The Labute approximate surface area is 97.9 Å². The molecule has 0 unspecified atom stereocenters. The first-order chi connectivity index (χ1) is 7.54. The van der Waals surface area contributed by atoms with E-state index in [1.807, 2.05) is 32.3 Å². The highest BCUT2D eigenvalue weighted by atomic mass is 32.1. The van der Waals surface area contributed by atoms with Crippen LogP contribution in [0.5, 0.6) is 0 Å². The minimum atomic E-state index is -0.612. The Bertz CT molecular complexity index is 499. The Morgan fingerprint density at radius 1 is 1.50 bits per heavy atom. The van der Waals surface area contributed by atoms with Crippen LogP contribution in [0.25, 0.3) is 11.4 Å². The zero-order chi connectivity index (χ0) is 11.8. The van der Waals surface area contributed by atoms with Crippen LogP contribution in [0.4, 0.5) is 0 Å². The van der Waals surface area contributed by atoms with Gasteiger partial charge in [0.05, 0.1) is 5.51 Å². The van der Waals surface area contributed by atoms with Crippen molar-refractivity contribution in [3.63, 3.8) is 0 Å². The van der Waals surface area contributed by atoms with E-state index in [9.17, 15) is 4.79 Å². The third-order valence-electron chi connectivity index (χ3n) is 2.45. The van der Waals surface area contributed by atoms with E-state index in [0.29, 0.717) is 0 Å². The van der Waals surface area contributed by atoms with Crippen molar-refractivity contribution in [1.82, 2.24) is 14.8 Å². The van der Waals surface area contributed by atoms with Crippen LogP contribution in [0, 0.1) is 6.92 Å². The van der Waals surface area contributed by atoms with Crippen LogP contribution in [0.2, 0.25) is 0 Å². The predicted octanol–water partition coefficient (Wildman–Crippen LogP) is 2.25. The van der Waals surface area contributed by atoms with Crippen molar-refractivity contribution < 1.29 is 4.79 Å². The Kier molecular flexibility index (Phi) is 2.63. The Hall–Kier alpha value is -1.49. The second-order valence-electron chi connectivity index (χ2n) is 4.25. The van der Waals surface area contributed by atoms with E-state index >= 15 is 0 Å². The van der Waals surface area contributed by atoms with Crippen LogP contribution < -0.4 is 0 Å². The summed E-state index contributed by atoms with van der Waals surface area (Å²) in [5, 5.41) is 6.38. The van der Waals surface area contributed by atoms with Crippen molar-refractivity contribution >= 4 is 17.6 Å². The Morgan fingerprint density at radius 2 is 2.25 bits per heavy atom. The first kappa shape index (κ1) is 11.0. The number of hydrogen-bond acceptors (Lipinski definition) is 4. The van der Waals surface area contributed by atoms with Crippen LogP contribution in [0.3, 0.4) is 0 Å². The minimum Gasteiger partial charge on any atom is -0.301 e. The molecule has 2 rings (SSSR count). The molecule has 2 heterocycles. The number of aldehydes is 1. The average molecular weight is 235 g/mol. The van der Waals surface area contributed by atoms with Crippen molar-refractivity contribution in [2.24, 2.45) is 0 Å². The fourth-order valence-corrected chi connectivity index (χ4v) is 1.93. The topological polar surface area (TPSA) is 47.8 Å². The lowest BCUT2D eigenvalue weighted by Crippen LogP contribution is -2.28. The second-order valence-corrected chi connectivity index (χ2v) is 4.97. The maximum absolute atomic E-state index is 11.0. The molecule has 0 atom stereocenters. The number of aryl methyl sites for hydroxylation is 1. The van der Waals surface area contributed by atoms with Crippen molar-refractivity contribution in [3.8, 4) is 11.4 Å². The summed E-state index contributed by atoms with van der Waals surface area (Å²) in [5.41, 5.74) is 3.90. The van der Waals surface area contributed by atoms with Gasteiger partial charge in [-0.2, -0.15) is 5.10 Å². The summed E-state index contributed by atoms with van der Waals surface area (Å²) in [7, 11) is 0. The van der Waals surface area contributed by atoms with E-state index in [1.54, 1.807) is 10.2 Å². The number of carbonyl (C=O) groups excluding carboxylic acids is 1. The number of nitrogens with zero attached hydrogens (tertiary/aromatic N) is 3. The normalized spacial score (nSPS) is 11.7. The summed E-state index contributed by atoms with van der Waals surface area (Å²) in [5.74, 6) is 0. The van der Waals surface area contributed by atoms with Crippen LogP contribution in [0.1, 0.15) is 19.4 Å². The Balaban J connectivity index is 2.48. The molecular weight excluding hydrogens is 222 g/mol. The molecule has 84 valence electrons. The molecule has 0 amide bonds. The molecule has 4 nitrogen and oxygen atoms in total. The lowest BCUT2D eigenvalue weighted by molar-refractivity contribution is -0.114. The van der Waals surface area contributed by atoms with E-state index in [2.05, 4.69) is 10.1 Å². The van der Waals surface area contributed by atoms with E-state index < -0.39 is 5.54 Å². The molecule has 0 radical (unpaired) electrons. The van der Waals surface area contributed by atoms with Crippen LogP contribution in [0.15, 0.2) is 17.1 Å². The summed E-state index contributed by atoms with van der Waals surface area (Å²) in [6.45, 7) is 5.63. The molecule has 5 heteroatoms. The smallest absolute Gasteiger partial charge is 0.147 e. The lowest BCUT2D eigenvalue weighted by Gasteiger charge is -2.17. The van der Waals surface area contributed by atoms with Gasteiger partial charge >= 0.3 is 0 Å². The van der Waals surface area contributed by atoms with Crippen molar-refractivity contribution in [2.75, 3.05) is 0 Å². The van der Waals surface area contributed by atoms with Gasteiger partial charge in [0.25, 0.3) is 0 Å². The third-order valence-corrected chi connectivity index (χ3v) is 3.04. The van der Waals surface area contributed by atoms with Gasteiger partial charge in [-0.3, -0.25) is 4.68 Å². The molecule has 0 aromatic carbocycles. The molecule has 0 aliphatic heterocycles. The fourth-order valence-electron chi connectivity index (χ4n) is 1.39. The van der Waals surface area contributed by atoms with Crippen molar-refractivity contribution in [3.05, 3.63) is 22.7 Å². The average Bonchev–Trinajstić information content (AvgIpc) is 2.86. The van der Waals surface area contributed by atoms with Gasteiger partial charge in [-0.15, -0.1) is 11.3 Å². The standard InChI is InChI=1S/C11H13N3OS/c1-8-4-14(11(2,3)6-15)13-10(8)9-5-16-7-12-9/h4-7H,1-3H3. The summed E-state index contributed by atoms with van der Waals surface area (Å²) < 4.78 is 1.68. The van der Waals surface area contributed by atoms with Crippen molar-refractivity contribution in [1.29, 1.82) is 0 Å². The SMILES string of the molecule is Cc1cn(C(C)(C)C=O)nc1-c1cscn1. The number of hydrogen-bond donors (Lipinski definition) is 0. The van der Waals surface area contributed by atoms with E-state index in [-0.39, 0.29) is 0 Å². The molecule has 16 heavy (non-hydrogen) atoms. The first-order valence-corrected chi connectivity index (χ1v) is 5.90. The second kappa shape index (κ2) is 3.83. The van der Waals surface area contributed by atoms with Gasteiger partial charge in [-0.05, 0) is 26.3 Å². The first-order valence-electron chi connectivity index (χ1n) is 4.96. The fraction of sp³-hybridized carbons (Fsp3) is 0.364. The van der Waals surface area contributed by atoms with Gasteiger partial charge in [0, 0.05) is 11.6 Å². The molecule has 0 N–H and O–H groups in total. The predicted molar refractivity (Wildman–Crippen MR) is 63.5 cm³/mol. The number of carbonyl (C=O) groups is 1. The summed E-state index contributed by atoms with van der Waals surface area (Å²) >= 11 is 1.54. The highest BCUT2D eigenvalue weighted by Gasteiger charge is 2.22. The molecule has 0 aliphatic rings. The quantitative estimate of drug-likeness (QED) is 0.767. The molecule has 0 saturated heterocycles. The minimum absolute atomic E-state index is 0.612. The third kappa shape index (κ3) is 1.78. The number of thiazole rings is 1. The molecule has 2 aromatic rings. The molecular formula is C11H13N3OS. The highest BCUT2D eigenvalue weighted by molar-refractivity contribution is 7.07. The van der Waals surface area contributed by atoms with E-state index in [0.717, 1.165) is 23.2 Å². The van der Waals surface area contributed by atoms with Crippen LogP contribution in [-0.4, -0.2) is 21.1 Å². The van der Waals surface area contributed by atoms with Gasteiger partial charge < -0.3 is 4.79 Å². The largest absolute Gasteiger partial charge is 0.301 e. The van der Waals surface area contributed by atoms with Crippen LogP contribution >= 0.6 is 11.3 Å². The van der Waals surface area contributed by atoms with Gasteiger partial charge in [0.15, 0.2) is 0 Å². The molecule has 0 bridgehead atoms. The summed E-state index contributed by atoms with van der Waals surface area (Å²) in [6, 6.07) is 0. The van der Waals surface area contributed by atoms with Crippen molar-refractivity contribution in [2.45, 2.75) is 26.3 Å². The van der Waals surface area contributed by atoms with Gasteiger partial charge in [-0.25, -0.2) is 4.98 Å². The van der Waals surface area contributed by atoms with Gasteiger partial charge in [-0.1, -0.05) is 0 Å². The van der Waals surface area contributed by atoms with Gasteiger partial charge in [0.2, 0.25) is 0 Å². The maximum atomic E-state index is 11.0. The Morgan fingerprint density at radius 3 is 2.81 bits per heavy atom. The van der Waals surface area contributed by atoms with Crippen LogP contribution in [-0.2, 0) is 10.3 Å². The lowest BCUT2D eigenvalue weighted by atomic mass is 10.1. The van der Waals surface area contributed by atoms with E-state index in [1.165, 1.54) is 11.3 Å². The molecule has 0 spiro atoms. The monoisotopic (exact) mass is 235 g/mol.